The molecule has 1 aromatic heterocycles. The zero-order valence-electron chi connectivity index (χ0n) is 14.0. The molecule has 0 radical (unpaired) electrons. The minimum absolute atomic E-state index is 0.112. The highest BCUT2D eigenvalue weighted by atomic mass is 16.5. The second kappa shape index (κ2) is 6.86. The molecule has 2 heterocycles. The minimum Gasteiger partial charge on any atom is -0.469 e. The third kappa shape index (κ3) is 3.32. The molecule has 0 N–H and O–H groups in total. The number of nitrogens with zero attached hydrogens (tertiary/aromatic N) is 3. The maximum atomic E-state index is 11.6. The summed E-state index contributed by atoms with van der Waals surface area (Å²) in [6.45, 7) is 4.55. The van der Waals surface area contributed by atoms with Crippen LogP contribution < -0.4 is 4.90 Å². The molecule has 0 aliphatic carbocycles. The average molecular weight is 327 g/mol. The lowest BCUT2D eigenvalue weighted by Gasteiger charge is -2.36. The van der Waals surface area contributed by atoms with Gasteiger partial charge in [0.2, 0.25) is 5.91 Å². The molecule has 0 spiro atoms. The summed E-state index contributed by atoms with van der Waals surface area (Å²) in [5.74, 6) is -0.189. The molecule has 1 fully saturated rings. The van der Waals surface area contributed by atoms with E-state index in [1.165, 1.54) is 7.11 Å². The molecule has 0 atom stereocenters. The number of methoxy groups -OCH3 is 1. The highest BCUT2D eigenvalue weighted by Crippen LogP contribution is 2.28. The van der Waals surface area contributed by atoms with Crippen LogP contribution in [0.25, 0.3) is 10.9 Å². The second-order valence-corrected chi connectivity index (χ2v) is 5.90. The Labute approximate surface area is 141 Å². The van der Waals surface area contributed by atoms with Crippen molar-refractivity contribution < 1.29 is 14.3 Å². The molecule has 6 nitrogen and oxygen atoms in total. The van der Waals surface area contributed by atoms with Crippen molar-refractivity contribution in [2.45, 2.75) is 13.3 Å². The number of fused-ring (bicyclic) bond motifs is 1. The molecular formula is C18H21N3O3. The number of amides is 1. The largest absolute Gasteiger partial charge is 0.469 e. The van der Waals surface area contributed by atoms with Crippen molar-refractivity contribution in [2.75, 3.05) is 38.2 Å². The van der Waals surface area contributed by atoms with Crippen LogP contribution in [-0.2, 0) is 20.7 Å². The van der Waals surface area contributed by atoms with E-state index in [0.717, 1.165) is 29.7 Å². The van der Waals surface area contributed by atoms with Crippen LogP contribution in [-0.4, -0.2) is 55.0 Å². The van der Waals surface area contributed by atoms with Gasteiger partial charge in [0.1, 0.15) is 0 Å². The Morgan fingerprint density at radius 1 is 1.17 bits per heavy atom. The van der Waals surface area contributed by atoms with E-state index in [1.807, 2.05) is 35.2 Å². The standard InChI is InChI=1S/C18H21N3O3/c1-13(22)20-7-9-21(10-8-20)17-11-14(12-18(23)24-2)19-16-6-4-3-5-15(16)17/h3-6,11H,7-10,12H2,1-2H3. The first-order chi connectivity index (χ1) is 11.6. The van der Waals surface area contributed by atoms with Crippen LogP contribution in [0.4, 0.5) is 5.69 Å². The molecule has 3 rings (SSSR count). The molecule has 1 aromatic carbocycles. The molecule has 0 saturated carbocycles. The number of hydrogen-bond donors (Lipinski definition) is 0. The van der Waals surface area contributed by atoms with E-state index >= 15 is 0 Å². The maximum absolute atomic E-state index is 11.6. The van der Waals surface area contributed by atoms with Crippen molar-refractivity contribution in [2.24, 2.45) is 0 Å². The topological polar surface area (TPSA) is 62.7 Å². The van der Waals surface area contributed by atoms with Gasteiger partial charge in [0.15, 0.2) is 0 Å². The van der Waals surface area contributed by atoms with Gasteiger partial charge in [0.05, 0.1) is 24.7 Å². The number of carbonyl (C=O) groups excluding carboxylic acids is 2. The normalized spacial score (nSPS) is 14.8. The number of aromatic nitrogens is 1. The van der Waals surface area contributed by atoms with E-state index in [0.29, 0.717) is 18.8 Å². The highest BCUT2D eigenvalue weighted by molar-refractivity contribution is 5.92. The molecule has 0 bridgehead atoms. The number of carbonyl (C=O) groups is 2. The van der Waals surface area contributed by atoms with Crippen LogP contribution in [0, 0.1) is 0 Å². The van der Waals surface area contributed by atoms with E-state index in [-0.39, 0.29) is 18.3 Å². The van der Waals surface area contributed by atoms with Crippen LogP contribution in [0.5, 0.6) is 0 Å². The minimum atomic E-state index is -0.301. The molecule has 1 amide bonds. The van der Waals surface area contributed by atoms with Gasteiger partial charge in [-0.15, -0.1) is 0 Å². The lowest BCUT2D eigenvalue weighted by Crippen LogP contribution is -2.48. The van der Waals surface area contributed by atoms with Gasteiger partial charge in [-0.1, -0.05) is 18.2 Å². The number of para-hydroxylation sites is 1. The number of esters is 1. The van der Waals surface area contributed by atoms with Crippen molar-refractivity contribution in [3.05, 3.63) is 36.0 Å². The summed E-state index contributed by atoms with van der Waals surface area (Å²) < 4.78 is 4.76. The predicted molar refractivity (Wildman–Crippen MR) is 91.9 cm³/mol. The molecule has 0 unspecified atom stereocenters. The fourth-order valence-corrected chi connectivity index (χ4v) is 3.04. The van der Waals surface area contributed by atoms with Gasteiger partial charge in [-0.3, -0.25) is 14.6 Å². The zero-order valence-corrected chi connectivity index (χ0v) is 14.0. The Bertz CT molecular complexity index is 767. The van der Waals surface area contributed by atoms with Crippen LogP contribution in [0.2, 0.25) is 0 Å². The molecule has 1 saturated heterocycles. The number of hydrogen-bond acceptors (Lipinski definition) is 5. The van der Waals surface area contributed by atoms with Gasteiger partial charge >= 0.3 is 5.97 Å². The summed E-state index contributed by atoms with van der Waals surface area (Å²) in [5, 5.41) is 1.06. The number of anilines is 1. The van der Waals surface area contributed by atoms with Crippen LogP contribution in [0.15, 0.2) is 30.3 Å². The van der Waals surface area contributed by atoms with E-state index < -0.39 is 0 Å². The summed E-state index contributed by atoms with van der Waals surface area (Å²) in [5.41, 5.74) is 2.62. The van der Waals surface area contributed by atoms with E-state index in [1.54, 1.807) is 6.92 Å². The summed E-state index contributed by atoms with van der Waals surface area (Å²) in [6, 6.07) is 9.87. The Morgan fingerprint density at radius 2 is 1.88 bits per heavy atom. The Morgan fingerprint density at radius 3 is 2.54 bits per heavy atom. The summed E-state index contributed by atoms with van der Waals surface area (Å²) in [7, 11) is 1.38. The second-order valence-electron chi connectivity index (χ2n) is 5.90. The zero-order chi connectivity index (χ0) is 17.1. The summed E-state index contributed by atoms with van der Waals surface area (Å²) in [6.07, 6.45) is 0.155. The smallest absolute Gasteiger partial charge is 0.311 e. The molecule has 126 valence electrons. The Balaban J connectivity index is 1.93. The van der Waals surface area contributed by atoms with Gasteiger partial charge in [0, 0.05) is 44.2 Å². The quantitative estimate of drug-likeness (QED) is 0.802. The number of benzene rings is 1. The van der Waals surface area contributed by atoms with Gasteiger partial charge in [-0.2, -0.15) is 0 Å². The van der Waals surface area contributed by atoms with E-state index in [9.17, 15) is 9.59 Å². The van der Waals surface area contributed by atoms with Crippen LogP contribution in [0.1, 0.15) is 12.6 Å². The third-order valence-corrected chi connectivity index (χ3v) is 4.37. The molecular weight excluding hydrogens is 306 g/mol. The van der Waals surface area contributed by atoms with Crippen molar-refractivity contribution in [3.8, 4) is 0 Å². The van der Waals surface area contributed by atoms with Gasteiger partial charge in [0.25, 0.3) is 0 Å². The SMILES string of the molecule is COC(=O)Cc1cc(N2CCN(C(C)=O)CC2)c2ccccc2n1. The molecule has 2 aromatic rings. The summed E-state index contributed by atoms with van der Waals surface area (Å²) >= 11 is 0. The molecule has 1 aliphatic heterocycles. The first-order valence-corrected chi connectivity index (χ1v) is 8.04. The highest BCUT2D eigenvalue weighted by Gasteiger charge is 2.21. The van der Waals surface area contributed by atoms with E-state index in [4.69, 9.17) is 4.74 Å². The fraction of sp³-hybridized carbons (Fsp3) is 0.389. The van der Waals surface area contributed by atoms with Gasteiger partial charge in [-0.05, 0) is 12.1 Å². The van der Waals surface area contributed by atoms with Crippen molar-refractivity contribution in [3.63, 3.8) is 0 Å². The van der Waals surface area contributed by atoms with Crippen LogP contribution in [0.3, 0.4) is 0 Å². The molecule has 24 heavy (non-hydrogen) atoms. The van der Waals surface area contributed by atoms with Crippen LogP contribution >= 0.6 is 0 Å². The van der Waals surface area contributed by atoms with E-state index in [2.05, 4.69) is 9.88 Å². The molecule has 6 heteroatoms. The van der Waals surface area contributed by atoms with Gasteiger partial charge < -0.3 is 14.5 Å². The lowest BCUT2D eigenvalue weighted by atomic mass is 10.1. The Kier molecular flexibility index (Phi) is 4.64. The first kappa shape index (κ1) is 16.2. The number of pyridine rings is 1. The number of rotatable bonds is 3. The number of ether oxygens (including phenoxy) is 1. The third-order valence-electron chi connectivity index (χ3n) is 4.37. The fourth-order valence-electron chi connectivity index (χ4n) is 3.04. The predicted octanol–water partition coefficient (Wildman–Crippen LogP) is 1.62. The first-order valence-electron chi connectivity index (χ1n) is 8.04. The van der Waals surface area contributed by atoms with Crippen molar-refractivity contribution in [1.82, 2.24) is 9.88 Å². The molecule has 1 aliphatic rings. The average Bonchev–Trinajstić information content (AvgIpc) is 2.61. The number of piperazine rings is 1. The maximum Gasteiger partial charge on any atom is 0.311 e. The summed E-state index contributed by atoms with van der Waals surface area (Å²) in [4.78, 5) is 31.8. The van der Waals surface area contributed by atoms with Crippen molar-refractivity contribution >= 4 is 28.5 Å². The van der Waals surface area contributed by atoms with Gasteiger partial charge in [-0.25, -0.2) is 0 Å². The monoisotopic (exact) mass is 327 g/mol. The Hall–Kier alpha value is -2.63. The van der Waals surface area contributed by atoms with Crippen molar-refractivity contribution in [1.29, 1.82) is 0 Å². The lowest BCUT2D eigenvalue weighted by molar-refractivity contribution is -0.139.